The van der Waals surface area contributed by atoms with Crippen molar-refractivity contribution in [3.05, 3.63) is 0 Å². The van der Waals surface area contributed by atoms with E-state index in [4.69, 9.17) is 0 Å². The first-order valence-corrected chi connectivity index (χ1v) is 8.51. The SMILES string of the molecule is CCCC(C)(CNC(C)C)CN1CCCCCCC1. The topological polar surface area (TPSA) is 15.3 Å². The van der Waals surface area contributed by atoms with Gasteiger partial charge in [0.15, 0.2) is 0 Å². The normalized spacial score (nSPS) is 21.9. The van der Waals surface area contributed by atoms with Crippen molar-refractivity contribution in [1.82, 2.24) is 10.2 Å². The molecule has 2 heteroatoms. The Kier molecular flexibility index (Phi) is 8.01. The Bertz CT molecular complexity index is 219. The predicted octanol–water partition coefficient (Wildman–Crippen LogP) is 4.06. The van der Waals surface area contributed by atoms with E-state index in [1.54, 1.807) is 0 Å². The van der Waals surface area contributed by atoms with Crippen LogP contribution in [0.25, 0.3) is 0 Å². The van der Waals surface area contributed by atoms with E-state index in [0.717, 1.165) is 6.54 Å². The van der Waals surface area contributed by atoms with E-state index in [0.29, 0.717) is 11.5 Å². The van der Waals surface area contributed by atoms with Crippen LogP contribution in [0.5, 0.6) is 0 Å². The highest BCUT2D eigenvalue weighted by Gasteiger charge is 2.26. The van der Waals surface area contributed by atoms with Gasteiger partial charge in [-0.15, -0.1) is 0 Å². The summed E-state index contributed by atoms with van der Waals surface area (Å²) in [5.41, 5.74) is 0.443. The average Bonchev–Trinajstić information content (AvgIpc) is 2.31. The van der Waals surface area contributed by atoms with Crippen molar-refractivity contribution in [3.8, 4) is 0 Å². The van der Waals surface area contributed by atoms with Crippen molar-refractivity contribution in [3.63, 3.8) is 0 Å². The first kappa shape index (κ1) is 17.0. The van der Waals surface area contributed by atoms with Gasteiger partial charge in [-0.1, -0.05) is 53.4 Å². The number of hydrogen-bond donors (Lipinski definition) is 1. The van der Waals surface area contributed by atoms with E-state index < -0.39 is 0 Å². The van der Waals surface area contributed by atoms with Crippen molar-refractivity contribution in [2.45, 2.75) is 78.7 Å². The molecule has 0 saturated carbocycles. The highest BCUT2D eigenvalue weighted by Crippen LogP contribution is 2.25. The van der Waals surface area contributed by atoms with Crippen LogP contribution in [0, 0.1) is 5.41 Å². The van der Waals surface area contributed by atoms with Gasteiger partial charge in [0.25, 0.3) is 0 Å². The Morgan fingerprint density at radius 3 is 2.16 bits per heavy atom. The van der Waals surface area contributed by atoms with Gasteiger partial charge in [0.2, 0.25) is 0 Å². The van der Waals surface area contributed by atoms with E-state index in [2.05, 4.69) is 37.9 Å². The molecule has 1 N–H and O–H groups in total. The molecule has 1 atom stereocenters. The molecular formula is C17H36N2. The highest BCUT2D eigenvalue weighted by molar-refractivity contribution is 4.82. The zero-order valence-electron chi connectivity index (χ0n) is 13.8. The third kappa shape index (κ3) is 7.31. The summed E-state index contributed by atoms with van der Waals surface area (Å²) in [6.45, 7) is 14.4. The predicted molar refractivity (Wildman–Crippen MR) is 85.7 cm³/mol. The first-order chi connectivity index (χ1) is 9.06. The molecule has 0 aromatic rings. The summed E-state index contributed by atoms with van der Waals surface area (Å²) in [6, 6.07) is 0.600. The van der Waals surface area contributed by atoms with Gasteiger partial charge < -0.3 is 10.2 Å². The Morgan fingerprint density at radius 1 is 1.05 bits per heavy atom. The van der Waals surface area contributed by atoms with Crippen molar-refractivity contribution < 1.29 is 0 Å². The third-order valence-corrected chi connectivity index (χ3v) is 4.34. The van der Waals surface area contributed by atoms with Gasteiger partial charge in [0, 0.05) is 19.1 Å². The lowest BCUT2D eigenvalue weighted by atomic mass is 9.84. The molecule has 114 valence electrons. The lowest BCUT2D eigenvalue weighted by Crippen LogP contribution is -2.44. The van der Waals surface area contributed by atoms with E-state index in [9.17, 15) is 0 Å². The van der Waals surface area contributed by atoms with Crippen LogP contribution in [0.15, 0.2) is 0 Å². The number of nitrogens with zero attached hydrogens (tertiary/aromatic N) is 1. The molecule has 0 amide bonds. The standard InChI is InChI=1S/C17H36N2/c1-5-11-17(4,14-18-16(2)3)15-19-12-9-7-6-8-10-13-19/h16,18H,5-15H2,1-4H3. The maximum atomic E-state index is 3.66. The molecule has 1 heterocycles. The number of nitrogens with one attached hydrogen (secondary N) is 1. The second-order valence-corrected chi connectivity index (χ2v) is 7.14. The zero-order valence-corrected chi connectivity index (χ0v) is 13.8. The van der Waals surface area contributed by atoms with Gasteiger partial charge >= 0.3 is 0 Å². The number of rotatable bonds is 7. The molecule has 2 nitrogen and oxygen atoms in total. The van der Waals surface area contributed by atoms with Crippen molar-refractivity contribution in [1.29, 1.82) is 0 Å². The van der Waals surface area contributed by atoms with E-state index in [1.165, 1.54) is 64.6 Å². The van der Waals surface area contributed by atoms with Crippen molar-refractivity contribution in [2.75, 3.05) is 26.2 Å². The fourth-order valence-corrected chi connectivity index (χ4v) is 3.29. The fraction of sp³-hybridized carbons (Fsp3) is 1.00. The molecule has 1 fully saturated rings. The highest BCUT2D eigenvalue weighted by atomic mass is 15.1. The van der Waals surface area contributed by atoms with Crippen LogP contribution in [0.4, 0.5) is 0 Å². The van der Waals surface area contributed by atoms with Gasteiger partial charge in [-0.3, -0.25) is 0 Å². The summed E-state index contributed by atoms with van der Waals surface area (Å²) >= 11 is 0. The molecule has 0 bridgehead atoms. The molecule has 1 aliphatic rings. The lowest BCUT2D eigenvalue weighted by molar-refractivity contribution is 0.138. The average molecular weight is 268 g/mol. The molecule has 19 heavy (non-hydrogen) atoms. The van der Waals surface area contributed by atoms with Gasteiger partial charge in [0.1, 0.15) is 0 Å². The number of likely N-dealkylation sites (tertiary alicyclic amines) is 1. The molecule has 1 rings (SSSR count). The van der Waals surface area contributed by atoms with E-state index >= 15 is 0 Å². The van der Waals surface area contributed by atoms with Gasteiger partial charge in [-0.05, 0) is 37.8 Å². The minimum absolute atomic E-state index is 0.443. The molecule has 0 aromatic carbocycles. The maximum absolute atomic E-state index is 3.66. The second kappa shape index (κ2) is 8.97. The Morgan fingerprint density at radius 2 is 1.63 bits per heavy atom. The molecular weight excluding hydrogens is 232 g/mol. The maximum Gasteiger partial charge on any atom is 0.00475 e. The molecule has 0 aliphatic carbocycles. The summed E-state index contributed by atoms with van der Waals surface area (Å²) in [4.78, 5) is 2.73. The van der Waals surface area contributed by atoms with Crippen LogP contribution >= 0.6 is 0 Å². The smallest absolute Gasteiger partial charge is 0.00475 e. The largest absolute Gasteiger partial charge is 0.314 e. The molecule has 0 radical (unpaired) electrons. The quantitative estimate of drug-likeness (QED) is 0.749. The summed E-state index contributed by atoms with van der Waals surface area (Å²) in [5.74, 6) is 0. The lowest BCUT2D eigenvalue weighted by Gasteiger charge is -2.37. The first-order valence-electron chi connectivity index (χ1n) is 8.51. The van der Waals surface area contributed by atoms with Crippen LogP contribution in [0.3, 0.4) is 0 Å². The van der Waals surface area contributed by atoms with Crippen LogP contribution in [0.2, 0.25) is 0 Å². The summed E-state index contributed by atoms with van der Waals surface area (Å²) in [7, 11) is 0. The Balaban J connectivity index is 2.48. The minimum Gasteiger partial charge on any atom is -0.314 e. The van der Waals surface area contributed by atoms with Crippen LogP contribution in [-0.2, 0) is 0 Å². The van der Waals surface area contributed by atoms with Gasteiger partial charge in [-0.2, -0.15) is 0 Å². The van der Waals surface area contributed by atoms with E-state index in [1.807, 2.05) is 0 Å². The van der Waals surface area contributed by atoms with Crippen molar-refractivity contribution in [2.24, 2.45) is 5.41 Å². The Hall–Kier alpha value is -0.0800. The van der Waals surface area contributed by atoms with Crippen LogP contribution < -0.4 is 5.32 Å². The van der Waals surface area contributed by atoms with Crippen LogP contribution in [0.1, 0.15) is 72.6 Å². The fourth-order valence-electron chi connectivity index (χ4n) is 3.29. The Labute approximate surface area is 121 Å². The van der Waals surface area contributed by atoms with Crippen LogP contribution in [-0.4, -0.2) is 37.1 Å². The summed E-state index contributed by atoms with van der Waals surface area (Å²) < 4.78 is 0. The molecule has 0 aromatic heterocycles. The third-order valence-electron chi connectivity index (χ3n) is 4.34. The molecule has 1 aliphatic heterocycles. The van der Waals surface area contributed by atoms with Gasteiger partial charge in [0.05, 0.1) is 0 Å². The molecule has 1 unspecified atom stereocenters. The summed E-state index contributed by atoms with van der Waals surface area (Å²) in [5, 5.41) is 3.66. The molecule has 1 saturated heterocycles. The van der Waals surface area contributed by atoms with E-state index in [-0.39, 0.29) is 0 Å². The number of hydrogen-bond acceptors (Lipinski definition) is 2. The minimum atomic E-state index is 0.443. The zero-order chi connectivity index (χ0) is 14.1. The van der Waals surface area contributed by atoms with Crippen molar-refractivity contribution >= 4 is 0 Å². The van der Waals surface area contributed by atoms with Gasteiger partial charge in [-0.25, -0.2) is 0 Å². The summed E-state index contributed by atoms with van der Waals surface area (Å²) in [6.07, 6.45) is 9.76. The second-order valence-electron chi connectivity index (χ2n) is 7.14. The monoisotopic (exact) mass is 268 g/mol. The molecule has 0 spiro atoms.